The maximum Gasteiger partial charge on any atom is 0.265 e. The van der Waals surface area contributed by atoms with Gasteiger partial charge in [-0.25, -0.2) is 4.98 Å². The van der Waals surface area contributed by atoms with E-state index in [1.54, 1.807) is 0 Å². The van der Waals surface area contributed by atoms with Crippen molar-refractivity contribution < 1.29 is 0 Å². The molecule has 19 heavy (non-hydrogen) atoms. The number of rotatable bonds is 3. The first kappa shape index (κ1) is 14.7. The van der Waals surface area contributed by atoms with Gasteiger partial charge in [0.05, 0.1) is 11.7 Å². The first-order chi connectivity index (χ1) is 9.02. The van der Waals surface area contributed by atoms with Gasteiger partial charge < -0.3 is 9.88 Å². The topological polar surface area (TPSA) is 52.2 Å². The van der Waals surface area contributed by atoms with Crippen molar-refractivity contribution >= 4 is 15.9 Å². The van der Waals surface area contributed by atoms with Crippen LogP contribution in [0.3, 0.4) is 0 Å². The number of piperazine rings is 1. The largest absolute Gasteiger partial charge is 0.308 e. The predicted octanol–water partition coefficient (Wildman–Crippen LogP) is 1.40. The number of nitrogens with one attached hydrogen (secondary N) is 1. The minimum absolute atomic E-state index is 0.0740. The smallest absolute Gasteiger partial charge is 0.265 e. The standard InChI is InChI=1S/C13H21BrN4O/c1-4-5-9-11(14)13(19)16-12(15-9)10-8-17(2)6-7-18(10)3/h10H,4-8H2,1-3H3,(H,15,16,19). The van der Waals surface area contributed by atoms with Crippen molar-refractivity contribution in [1.82, 2.24) is 19.8 Å². The van der Waals surface area contributed by atoms with E-state index in [0.29, 0.717) is 4.47 Å². The van der Waals surface area contributed by atoms with E-state index in [1.807, 2.05) is 0 Å². The maximum atomic E-state index is 12.0. The average molecular weight is 329 g/mol. The summed E-state index contributed by atoms with van der Waals surface area (Å²) in [6.45, 7) is 5.03. The van der Waals surface area contributed by atoms with Crippen LogP contribution in [0.25, 0.3) is 0 Å². The van der Waals surface area contributed by atoms with Gasteiger partial charge >= 0.3 is 0 Å². The molecule has 0 aliphatic carbocycles. The number of halogens is 1. The molecule has 0 amide bonds. The molecule has 1 atom stereocenters. The Labute approximate surface area is 122 Å². The average Bonchev–Trinajstić information content (AvgIpc) is 2.38. The molecule has 1 unspecified atom stereocenters. The summed E-state index contributed by atoms with van der Waals surface area (Å²) in [5, 5.41) is 0. The van der Waals surface area contributed by atoms with Crippen LogP contribution in [0.4, 0.5) is 0 Å². The molecule has 0 saturated carbocycles. The second kappa shape index (κ2) is 6.15. The Balaban J connectivity index is 2.36. The molecule has 0 spiro atoms. The summed E-state index contributed by atoms with van der Waals surface area (Å²) >= 11 is 3.34. The Morgan fingerprint density at radius 3 is 2.84 bits per heavy atom. The van der Waals surface area contributed by atoms with Crippen LogP contribution >= 0.6 is 15.9 Å². The molecule has 2 heterocycles. The van der Waals surface area contributed by atoms with Crippen molar-refractivity contribution in [3.63, 3.8) is 0 Å². The number of likely N-dealkylation sites (N-methyl/N-ethyl adjacent to an activating group) is 2. The molecule has 1 N–H and O–H groups in total. The van der Waals surface area contributed by atoms with E-state index < -0.39 is 0 Å². The van der Waals surface area contributed by atoms with E-state index in [0.717, 1.165) is 44.0 Å². The lowest BCUT2D eigenvalue weighted by molar-refractivity contribution is 0.109. The molecule has 0 aromatic carbocycles. The van der Waals surface area contributed by atoms with E-state index in [9.17, 15) is 4.79 Å². The lowest BCUT2D eigenvalue weighted by atomic mass is 10.1. The minimum atomic E-state index is -0.0740. The molecule has 1 aromatic rings. The molecule has 2 rings (SSSR count). The summed E-state index contributed by atoms with van der Waals surface area (Å²) in [5.74, 6) is 0.783. The molecule has 0 radical (unpaired) electrons. The molecular formula is C13H21BrN4O. The van der Waals surface area contributed by atoms with Gasteiger partial charge in [0.25, 0.3) is 5.56 Å². The summed E-state index contributed by atoms with van der Waals surface area (Å²) in [6, 6.07) is 0.162. The van der Waals surface area contributed by atoms with E-state index >= 15 is 0 Å². The minimum Gasteiger partial charge on any atom is -0.308 e. The van der Waals surface area contributed by atoms with Crippen LogP contribution < -0.4 is 5.56 Å². The number of aromatic nitrogens is 2. The van der Waals surface area contributed by atoms with Gasteiger partial charge in [-0.1, -0.05) is 13.3 Å². The molecule has 106 valence electrons. The van der Waals surface area contributed by atoms with E-state index in [2.05, 4.69) is 56.7 Å². The van der Waals surface area contributed by atoms with Crippen molar-refractivity contribution in [2.24, 2.45) is 0 Å². The number of aromatic amines is 1. The zero-order valence-electron chi connectivity index (χ0n) is 11.7. The van der Waals surface area contributed by atoms with Crippen molar-refractivity contribution in [3.8, 4) is 0 Å². The highest BCUT2D eigenvalue weighted by molar-refractivity contribution is 9.10. The molecule has 5 nitrogen and oxygen atoms in total. The van der Waals surface area contributed by atoms with Crippen molar-refractivity contribution in [2.75, 3.05) is 33.7 Å². The zero-order valence-corrected chi connectivity index (χ0v) is 13.3. The highest BCUT2D eigenvalue weighted by atomic mass is 79.9. The third-order valence-electron chi connectivity index (χ3n) is 3.60. The molecule has 0 bridgehead atoms. The van der Waals surface area contributed by atoms with Crippen molar-refractivity contribution in [2.45, 2.75) is 25.8 Å². The number of aryl methyl sites for hydroxylation is 1. The molecule has 1 fully saturated rings. The van der Waals surface area contributed by atoms with Crippen LogP contribution in [0, 0.1) is 0 Å². The summed E-state index contributed by atoms with van der Waals surface area (Å²) in [6.07, 6.45) is 1.80. The van der Waals surface area contributed by atoms with Gasteiger partial charge in [0, 0.05) is 19.6 Å². The van der Waals surface area contributed by atoms with Crippen LogP contribution in [0.5, 0.6) is 0 Å². The number of hydrogen-bond donors (Lipinski definition) is 1. The molecule has 1 aliphatic heterocycles. The monoisotopic (exact) mass is 328 g/mol. The molecule has 6 heteroatoms. The van der Waals surface area contributed by atoms with Gasteiger partial charge in [0.1, 0.15) is 10.3 Å². The van der Waals surface area contributed by atoms with Gasteiger partial charge in [-0.3, -0.25) is 9.69 Å². The molecular weight excluding hydrogens is 308 g/mol. The first-order valence-corrected chi connectivity index (χ1v) is 7.49. The maximum absolute atomic E-state index is 12.0. The Morgan fingerprint density at radius 2 is 2.16 bits per heavy atom. The second-order valence-corrected chi connectivity index (χ2v) is 6.01. The van der Waals surface area contributed by atoms with Crippen molar-refractivity contribution in [3.05, 3.63) is 26.3 Å². The molecule has 1 saturated heterocycles. The summed E-state index contributed by atoms with van der Waals surface area (Å²) in [4.78, 5) is 24.1. The first-order valence-electron chi connectivity index (χ1n) is 6.70. The quantitative estimate of drug-likeness (QED) is 0.911. The fraction of sp³-hybridized carbons (Fsp3) is 0.692. The number of nitrogens with zero attached hydrogens (tertiary/aromatic N) is 3. The second-order valence-electron chi connectivity index (χ2n) is 5.22. The zero-order chi connectivity index (χ0) is 14.0. The summed E-state index contributed by atoms with van der Waals surface area (Å²) < 4.78 is 0.574. The third-order valence-corrected chi connectivity index (χ3v) is 4.42. The predicted molar refractivity (Wildman–Crippen MR) is 79.4 cm³/mol. The van der Waals surface area contributed by atoms with Gasteiger partial charge in [0.2, 0.25) is 0 Å². The summed E-state index contributed by atoms with van der Waals surface area (Å²) in [7, 11) is 4.18. The fourth-order valence-electron chi connectivity index (χ4n) is 2.39. The van der Waals surface area contributed by atoms with Crippen LogP contribution in [-0.4, -0.2) is 53.5 Å². The van der Waals surface area contributed by atoms with Gasteiger partial charge in [-0.05, 0) is 36.4 Å². The molecule has 1 aliphatic rings. The Hall–Kier alpha value is -0.720. The lowest BCUT2D eigenvalue weighted by Crippen LogP contribution is -2.45. The normalized spacial score (nSPS) is 21.8. The van der Waals surface area contributed by atoms with Crippen LogP contribution in [0.1, 0.15) is 30.9 Å². The lowest BCUT2D eigenvalue weighted by Gasteiger charge is -2.37. The molecule has 1 aromatic heterocycles. The fourth-order valence-corrected chi connectivity index (χ4v) is 2.78. The van der Waals surface area contributed by atoms with E-state index in [1.165, 1.54) is 0 Å². The number of hydrogen-bond acceptors (Lipinski definition) is 4. The summed E-state index contributed by atoms with van der Waals surface area (Å²) in [5.41, 5.74) is 0.790. The van der Waals surface area contributed by atoms with Gasteiger partial charge in [-0.15, -0.1) is 0 Å². The highest BCUT2D eigenvalue weighted by Gasteiger charge is 2.26. The Kier molecular flexibility index (Phi) is 4.76. The number of H-pyrrole nitrogens is 1. The third kappa shape index (κ3) is 3.24. The van der Waals surface area contributed by atoms with Crippen LogP contribution in [0.2, 0.25) is 0 Å². The van der Waals surface area contributed by atoms with Gasteiger partial charge in [0.15, 0.2) is 0 Å². The SMILES string of the molecule is CCCc1nc(C2CN(C)CCN2C)[nH]c(=O)c1Br. The van der Waals surface area contributed by atoms with Crippen LogP contribution in [-0.2, 0) is 6.42 Å². The van der Waals surface area contributed by atoms with Gasteiger partial charge in [-0.2, -0.15) is 0 Å². The Bertz CT molecular complexity index is 502. The van der Waals surface area contributed by atoms with Crippen molar-refractivity contribution in [1.29, 1.82) is 0 Å². The Morgan fingerprint density at radius 1 is 1.42 bits per heavy atom. The van der Waals surface area contributed by atoms with Crippen LogP contribution in [0.15, 0.2) is 9.27 Å². The van der Waals surface area contributed by atoms with E-state index in [-0.39, 0.29) is 11.6 Å². The highest BCUT2D eigenvalue weighted by Crippen LogP contribution is 2.21. The van der Waals surface area contributed by atoms with E-state index in [4.69, 9.17) is 0 Å².